The Morgan fingerprint density at radius 3 is 2.54 bits per heavy atom. The van der Waals surface area contributed by atoms with Gasteiger partial charge >= 0.3 is 11.9 Å². The number of fused-ring (bicyclic) bond motifs is 1. The van der Waals surface area contributed by atoms with E-state index in [1.54, 1.807) is 29.7 Å². The minimum Gasteiger partial charge on any atom is -0.488 e. The molecule has 4 aromatic rings. The van der Waals surface area contributed by atoms with E-state index in [1.807, 2.05) is 48.7 Å². The summed E-state index contributed by atoms with van der Waals surface area (Å²) in [4.78, 5) is 44.4. The molecule has 8 nitrogen and oxygen atoms in total. The molecule has 1 atom stereocenters. The molecule has 10 heteroatoms. The highest BCUT2D eigenvalue weighted by atomic mass is 32.1. The molecule has 210 valence electrons. The van der Waals surface area contributed by atoms with Gasteiger partial charge in [0, 0.05) is 10.4 Å². The van der Waals surface area contributed by atoms with Gasteiger partial charge in [-0.25, -0.2) is 14.6 Å². The fraction of sp³-hybridized carbons (Fsp3) is 0.226. The van der Waals surface area contributed by atoms with Crippen LogP contribution in [0.25, 0.3) is 6.08 Å². The number of carboxylic acids is 1. The minimum absolute atomic E-state index is 0.207. The topological polar surface area (TPSA) is 107 Å². The fourth-order valence-corrected chi connectivity index (χ4v) is 6.45. The van der Waals surface area contributed by atoms with Gasteiger partial charge < -0.3 is 14.6 Å². The van der Waals surface area contributed by atoms with Crippen molar-refractivity contribution in [1.82, 2.24) is 4.57 Å². The van der Waals surface area contributed by atoms with E-state index in [-0.39, 0.29) is 24.3 Å². The van der Waals surface area contributed by atoms with Crippen LogP contribution in [0.2, 0.25) is 0 Å². The normalized spacial score (nSPS) is 14.9. The number of rotatable bonds is 10. The first kappa shape index (κ1) is 28.3. The van der Waals surface area contributed by atoms with Crippen molar-refractivity contribution in [2.45, 2.75) is 39.3 Å². The number of thiophene rings is 1. The van der Waals surface area contributed by atoms with Crippen LogP contribution in [0.4, 0.5) is 0 Å². The predicted molar refractivity (Wildman–Crippen MR) is 158 cm³/mol. The Hall–Kier alpha value is -4.28. The van der Waals surface area contributed by atoms with E-state index >= 15 is 0 Å². The van der Waals surface area contributed by atoms with Gasteiger partial charge in [0.2, 0.25) is 0 Å². The number of hydrogen-bond acceptors (Lipinski definition) is 8. The average Bonchev–Trinajstić information content (AvgIpc) is 3.61. The predicted octanol–water partition coefficient (Wildman–Crippen LogP) is 4.92. The molecule has 1 aliphatic heterocycles. The number of nitrogens with zero attached hydrogens (tertiary/aromatic N) is 2. The van der Waals surface area contributed by atoms with Gasteiger partial charge in [-0.15, -0.1) is 11.3 Å². The molecule has 2 aromatic heterocycles. The molecule has 0 aliphatic carbocycles. The number of hydrogen-bond donors (Lipinski definition) is 1. The molecule has 0 saturated carbocycles. The summed E-state index contributed by atoms with van der Waals surface area (Å²) < 4.78 is 13.6. The highest BCUT2D eigenvalue weighted by Gasteiger charge is 2.34. The summed E-state index contributed by atoms with van der Waals surface area (Å²) in [6, 6.07) is 17.1. The van der Waals surface area contributed by atoms with E-state index in [1.165, 1.54) is 34.8 Å². The summed E-state index contributed by atoms with van der Waals surface area (Å²) in [5.74, 6) is -0.862. The third-order valence-corrected chi connectivity index (χ3v) is 8.41. The van der Waals surface area contributed by atoms with Crippen LogP contribution >= 0.6 is 22.7 Å². The lowest BCUT2D eigenvalue weighted by atomic mass is 9.99. The molecule has 0 saturated heterocycles. The van der Waals surface area contributed by atoms with Gasteiger partial charge in [0.05, 0.1) is 28.0 Å². The highest BCUT2D eigenvalue weighted by molar-refractivity contribution is 7.10. The number of esters is 1. The molecule has 0 radical (unpaired) electrons. The Morgan fingerprint density at radius 2 is 1.85 bits per heavy atom. The standard InChI is InChI=1S/C31H28N2O6S2/c1-3-8-22-26(30(37)38-4-2)27(24-11-7-16-40-24)33-28(34)25(41-31(33)32-22)17-21-9-5-6-10-23(21)39-18-19-12-14-20(15-13-19)29(35)36/h5-7,9-17,27H,3-4,8,18H2,1-2H3,(H,35,36)/b25-17-/t27-/m1/s1. The van der Waals surface area contributed by atoms with Crippen molar-refractivity contribution in [3.8, 4) is 5.75 Å². The zero-order valence-electron chi connectivity index (χ0n) is 22.5. The second kappa shape index (κ2) is 12.5. The zero-order valence-corrected chi connectivity index (χ0v) is 24.2. The Bertz CT molecular complexity index is 1780. The monoisotopic (exact) mass is 588 g/mol. The molecule has 3 heterocycles. The van der Waals surface area contributed by atoms with Gasteiger partial charge in [0.25, 0.3) is 5.56 Å². The maximum absolute atomic E-state index is 13.9. The smallest absolute Gasteiger partial charge is 0.338 e. The summed E-state index contributed by atoms with van der Waals surface area (Å²) in [5.41, 5.74) is 2.55. The number of para-hydroxylation sites is 1. The molecule has 0 fully saturated rings. The van der Waals surface area contributed by atoms with Gasteiger partial charge in [0.1, 0.15) is 18.4 Å². The summed E-state index contributed by atoms with van der Waals surface area (Å²) in [6.45, 7) is 4.24. The van der Waals surface area contributed by atoms with Crippen LogP contribution in [0.3, 0.4) is 0 Å². The number of benzene rings is 2. The van der Waals surface area contributed by atoms with Gasteiger partial charge in [-0.05, 0) is 54.6 Å². The molecule has 2 aromatic carbocycles. The first-order valence-electron chi connectivity index (χ1n) is 13.2. The number of aromatic nitrogens is 1. The lowest BCUT2D eigenvalue weighted by molar-refractivity contribution is -0.139. The lowest BCUT2D eigenvalue weighted by Crippen LogP contribution is -2.39. The quantitative estimate of drug-likeness (QED) is 0.264. The second-order valence-corrected chi connectivity index (χ2v) is 11.2. The molecule has 1 aliphatic rings. The third kappa shape index (κ3) is 5.94. The largest absolute Gasteiger partial charge is 0.488 e. The average molecular weight is 589 g/mol. The molecule has 0 bridgehead atoms. The maximum Gasteiger partial charge on any atom is 0.338 e. The first-order valence-corrected chi connectivity index (χ1v) is 14.9. The molecule has 0 unspecified atom stereocenters. The molecule has 1 N–H and O–H groups in total. The van der Waals surface area contributed by atoms with E-state index in [2.05, 4.69) is 0 Å². The number of allylic oxidation sites excluding steroid dienone is 1. The minimum atomic E-state index is -0.984. The van der Waals surface area contributed by atoms with E-state index < -0.39 is 18.0 Å². The molecule has 0 amide bonds. The van der Waals surface area contributed by atoms with Crippen molar-refractivity contribution in [2.75, 3.05) is 6.61 Å². The summed E-state index contributed by atoms with van der Waals surface area (Å²) in [6.07, 6.45) is 3.16. The van der Waals surface area contributed by atoms with Gasteiger partial charge in [0.15, 0.2) is 4.80 Å². The number of carbonyl (C=O) groups excluding carboxylic acids is 1. The van der Waals surface area contributed by atoms with Crippen molar-refractivity contribution in [2.24, 2.45) is 4.99 Å². The second-order valence-electron chi connectivity index (χ2n) is 9.26. The van der Waals surface area contributed by atoms with Crippen LogP contribution in [0.5, 0.6) is 5.75 Å². The maximum atomic E-state index is 13.9. The van der Waals surface area contributed by atoms with E-state index in [4.69, 9.17) is 19.6 Å². The summed E-state index contributed by atoms with van der Waals surface area (Å²) >= 11 is 2.76. The van der Waals surface area contributed by atoms with E-state index in [0.29, 0.717) is 38.3 Å². The fourth-order valence-electron chi connectivity index (χ4n) is 4.61. The highest BCUT2D eigenvalue weighted by Crippen LogP contribution is 2.34. The Morgan fingerprint density at radius 1 is 1.07 bits per heavy atom. The molecule has 5 rings (SSSR count). The van der Waals surface area contributed by atoms with Crippen LogP contribution < -0.4 is 19.6 Å². The number of aromatic carboxylic acids is 1. The number of ether oxygens (including phenoxy) is 2. The van der Waals surface area contributed by atoms with Crippen molar-refractivity contribution >= 4 is 40.7 Å². The number of thiazole rings is 1. The molecular weight excluding hydrogens is 560 g/mol. The van der Waals surface area contributed by atoms with Crippen LogP contribution in [0.15, 0.2) is 87.1 Å². The van der Waals surface area contributed by atoms with Crippen LogP contribution in [0, 0.1) is 0 Å². The van der Waals surface area contributed by atoms with Crippen molar-refractivity contribution in [3.63, 3.8) is 0 Å². The SMILES string of the molecule is CCCC1=C(C(=O)OCC)[C@@H](c2cccs2)n2c(s/c(=C\c3ccccc3OCc3ccc(C(=O)O)cc3)c2=O)=N1. The Kier molecular flexibility index (Phi) is 8.61. The van der Waals surface area contributed by atoms with Crippen LogP contribution in [0.1, 0.15) is 59.1 Å². The van der Waals surface area contributed by atoms with Crippen LogP contribution in [-0.2, 0) is 16.1 Å². The van der Waals surface area contributed by atoms with Crippen LogP contribution in [-0.4, -0.2) is 28.2 Å². The summed E-state index contributed by atoms with van der Waals surface area (Å²) in [7, 11) is 0. The van der Waals surface area contributed by atoms with Gasteiger partial charge in [-0.2, -0.15) is 0 Å². The van der Waals surface area contributed by atoms with Gasteiger partial charge in [-0.1, -0.05) is 61.1 Å². The lowest BCUT2D eigenvalue weighted by Gasteiger charge is -2.24. The summed E-state index contributed by atoms with van der Waals surface area (Å²) in [5, 5.41) is 11.1. The van der Waals surface area contributed by atoms with Gasteiger partial charge in [-0.3, -0.25) is 9.36 Å². The molecule has 0 spiro atoms. The third-order valence-electron chi connectivity index (χ3n) is 6.51. The number of carboxylic acid groups (broad SMARTS) is 1. The number of carbonyl (C=O) groups is 2. The molecular formula is C31H28N2O6S2. The van der Waals surface area contributed by atoms with E-state index in [9.17, 15) is 14.4 Å². The van der Waals surface area contributed by atoms with Crippen molar-refractivity contribution in [3.05, 3.63) is 119 Å². The Labute approximate surface area is 244 Å². The Balaban J connectivity index is 1.56. The van der Waals surface area contributed by atoms with Crippen molar-refractivity contribution < 1.29 is 24.2 Å². The molecule has 41 heavy (non-hydrogen) atoms. The first-order chi connectivity index (χ1) is 19.9. The van der Waals surface area contributed by atoms with E-state index in [0.717, 1.165) is 16.9 Å². The van der Waals surface area contributed by atoms with Crippen molar-refractivity contribution in [1.29, 1.82) is 0 Å². The zero-order chi connectivity index (χ0) is 28.9.